The van der Waals surface area contributed by atoms with Crippen LogP contribution in [0.15, 0.2) is 9.59 Å². The average Bonchev–Trinajstić information content (AvgIpc) is 2.76. The zero-order valence-electron chi connectivity index (χ0n) is 21.9. The molecule has 1 aromatic heterocycles. The molecule has 0 radical (unpaired) electrons. The Morgan fingerprint density at radius 2 is 1.75 bits per heavy atom. The molecule has 0 saturated heterocycles. The maximum atomic E-state index is 13.2. The van der Waals surface area contributed by atoms with Crippen LogP contribution in [0.3, 0.4) is 0 Å². The standard InChI is InChI=1S/C26H42N6O4/c1-4-5-8-31-22(27)21(23(34)29-25(31)36)32(15-16(2)3)20(33)6-7-28-24(35)30-26-12-17-9-18(13-26)11-19(10-17)14-26/h16-19H,4-15,27H2,1-3H3,(H2,28,30,35)(H,29,34,36). The summed E-state index contributed by atoms with van der Waals surface area (Å²) in [5.41, 5.74) is 4.91. The van der Waals surface area contributed by atoms with Crippen LogP contribution in [0, 0.1) is 23.7 Å². The van der Waals surface area contributed by atoms with Gasteiger partial charge in [-0.05, 0) is 68.6 Å². The number of nitrogen functional groups attached to an aromatic ring is 1. The number of amides is 3. The molecule has 0 aromatic carbocycles. The van der Waals surface area contributed by atoms with Crippen LogP contribution in [-0.2, 0) is 11.3 Å². The number of hydrogen-bond acceptors (Lipinski definition) is 5. The summed E-state index contributed by atoms with van der Waals surface area (Å²) >= 11 is 0. The van der Waals surface area contributed by atoms with E-state index in [1.807, 2.05) is 20.8 Å². The van der Waals surface area contributed by atoms with Crippen LogP contribution in [-0.4, -0.2) is 40.1 Å². The van der Waals surface area contributed by atoms with Gasteiger partial charge in [0.25, 0.3) is 5.56 Å². The quantitative estimate of drug-likeness (QED) is 0.389. The lowest BCUT2D eigenvalue weighted by molar-refractivity contribution is -0.118. The van der Waals surface area contributed by atoms with Crippen molar-refractivity contribution >= 4 is 23.4 Å². The first-order valence-corrected chi connectivity index (χ1v) is 13.6. The molecule has 4 aliphatic rings. The van der Waals surface area contributed by atoms with Gasteiger partial charge in [-0.1, -0.05) is 27.2 Å². The number of nitrogens with zero attached hydrogens (tertiary/aromatic N) is 2. The largest absolute Gasteiger partial charge is 0.383 e. The van der Waals surface area contributed by atoms with E-state index in [0.717, 1.165) is 49.9 Å². The molecule has 4 fully saturated rings. The summed E-state index contributed by atoms with van der Waals surface area (Å²) in [6.07, 6.45) is 8.68. The fraction of sp³-hybridized carbons (Fsp3) is 0.769. The third-order valence-electron chi connectivity index (χ3n) is 8.11. The van der Waals surface area contributed by atoms with E-state index in [1.165, 1.54) is 28.7 Å². The molecule has 5 rings (SSSR count). The van der Waals surface area contributed by atoms with Crippen molar-refractivity contribution in [3.8, 4) is 0 Å². The molecule has 4 aliphatic carbocycles. The molecule has 4 bridgehead atoms. The normalized spacial score (nSPS) is 26.3. The molecule has 0 unspecified atom stereocenters. The summed E-state index contributed by atoms with van der Waals surface area (Å²) in [5, 5.41) is 6.11. The molecule has 0 atom stereocenters. The van der Waals surface area contributed by atoms with Crippen molar-refractivity contribution in [1.29, 1.82) is 0 Å². The number of nitrogens with two attached hydrogens (primary N) is 1. The first-order valence-electron chi connectivity index (χ1n) is 13.6. The SMILES string of the molecule is CCCCn1c(N)c(N(CC(C)C)C(=O)CCNC(=O)NC23CC4CC(CC(C4)C2)C3)c(=O)[nH]c1=O. The van der Waals surface area contributed by atoms with E-state index in [-0.39, 0.29) is 54.4 Å². The first kappa shape index (κ1) is 26.3. The molecular weight excluding hydrogens is 460 g/mol. The number of carbonyl (C=O) groups is 2. The second-order valence-electron chi connectivity index (χ2n) is 11.7. The van der Waals surface area contributed by atoms with Crippen LogP contribution in [0.2, 0.25) is 0 Å². The van der Waals surface area contributed by atoms with E-state index in [2.05, 4.69) is 15.6 Å². The molecule has 5 N–H and O–H groups in total. The van der Waals surface area contributed by atoms with Crippen molar-refractivity contribution < 1.29 is 9.59 Å². The van der Waals surface area contributed by atoms with E-state index >= 15 is 0 Å². The summed E-state index contributed by atoms with van der Waals surface area (Å²) in [6.45, 7) is 6.66. The van der Waals surface area contributed by atoms with E-state index < -0.39 is 11.2 Å². The number of unbranched alkanes of at least 4 members (excludes halogenated alkanes) is 1. The van der Waals surface area contributed by atoms with Crippen molar-refractivity contribution in [2.75, 3.05) is 23.7 Å². The second kappa shape index (κ2) is 10.7. The average molecular weight is 503 g/mol. The third-order valence-corrected chi connectivity index (χ3v) is 8.11. The maximum Gasteiger partial charge on any atom is 0.330 e. The third kappa shape index (κ3) is 5.62. The number of hydrogen-bond donors (Lipinski definition) is 4. The molecular formula is C26H42N6O4. The number of nitrogens with one attached hydrogen (secondary N) is 3. The first-order chi connectivity index (χ1) is 17.1. The van der Waals surface area contributed by atoms with Gasteiger partial charge in [0.05, 0.1) is 0 Å². The van der Waals surface area contributed by atoms with Gasteiger partial charge in [-0.15, -0.1) is 0 Å². The van der Waals surface area contributed by atoms with Crippen LogP contribution in [0.5, 0.6) is 0 Å². The monoisotopic (exact) mass is 502 g/mol. The second-order valence-corrected chi connectivity index (χ2v) is 11.7. The summed E-state index contributed by atoms with van der Waals surface area (Å²) in [5.74, 6) is 1.93. The van der Waals surface area contributed by atoms with Gasteiger partial charge in [0.15, 0.2) is 5.69 Å². The van der Waals surface area contributed by atoms with Crippen molar-refractivity contribution in [1.82, 2.24) is 20.2 Å². The minimum atomic E-state index is -0.674. The molecule has 10 heteroatoms. The van der Waals surface area contributed by atoms with Crippen LogP contribution < -0.4 is 32.5 Å². The predicted molar refractivity (Wildman–Crippen MR) is 140 cm³/mol. The molecule has 0 spiro atoms. The Balaban J connectivity index is 1.40. The summed E-state index contributed by atoms with van der Waals surface area (Å²) in [6, 6.07) is -0.231. The fourth-order valence-corrected chi connectivity index (χ4v) is 7.03. The van der Waals surface area contributed by atoms with Gasteiger partial charge in [-0.2, -0.15) is 0 Å². The number of rotatable bonds is 10. The van der Waals surface area contributed by atoms with Gasteiger partial charge in [-0.25, -0.2) is 9.59 Å². The van der Waals surface area contributed by atoms with Crippen molar-refractivity contribution in [2.24, 2.45) is 23.7 Å². The Morgan fingerprint density at radius 1 is 1.14 bits per heavy atom. The highest BCUT2D eigenvalue weighted by Crippen LogP contribution is 2.55. The number of aromatic amines is 1. The van der Waals surface area contributed by atoms with Crippen molar-refractivity contribution in [3.63, 3.8) is 0 Å². The number of aromatic nitrogens is 2. The van der Waals surface area contributed by atoms with Gasteiger partial charge in [0, 0.05) is 31.6 Å². The Hall–Kier alpha value is -2.78. The van der Waals surface area contributed by atoms with E-state index in [4.69, 9.17) is 5.73 Å². The van der Waals surface area contributed by atoms with E-state index in [1.54, 1.807) is 0 Å². The Bertz CT molecular complexity index is 1060. The van der Waals surface area contributed by atoms with Gasteiger partial charge in [-0.3, -0.25) is 19.1 Å². The number of H-pyrrole nitrogens is 1. The van der Waals surface area contributed by atoms with Crippen LogP contribution in [0.1, 0.15) is 78.6 Å². The van der Waals surface area contributed by atoms with E-state index in [0.29, 0.717) is 6.54 Å². The van der Waals surface area contributed by atoms with Crippen molar-refractivity contribution in [2.45, 2.75) is 90.6 Å². The predicted octanol–water partition coefficient (Wildman–Crippen LogP) is 2.57. The molecule has 36 heavy (non-hydrogen) atoms. The fourth-order valence-electron chi connectivity index (χ4n) is 7.03. The Labute approximate surface area is 212 Å². The molecule has 200 valence electrons. The highest BCUT2D eigenvalue weighted by Gasteiger charge is 2.51. The van der Waals surface area contributed by atoms with Gasteiger partial charge in [0.2, 0.25) is 5.91 Å². The summed E-state index contributed by atoms with van der Waals surface area (Å²) < 4.78 is 1.32. The van der Waals surface area contributed by atoms with Crippen molar-refractivity contribution in [3.05, 3.63) is 20.8 Å². The van der Waals surface area contributed by atoms with Gasteiger partial charge >= 0.3 is 11.7 Å². The summed E-state index contributed by atoms with van der Waals surface area (Å²) in [7, 11) is 0. The minimum absolute atomic E-state index is 0.00119. The molecule has 3 amide bonds. The highest BCUT2D eigenvalue weighted by molar-refractivity contribution is 5.95. The molecule has 1 heterocycles. The van der Waals surface area contributed by atoms with E-state index in [9.17, 15) is 19.2 Å². The van der Waals surface area contributed by atoms with Crippen LogP contribution in [0.25, 0.3) is 0 Å². The van der Waals surface area contributed by atoms with Crippen LogP contribution in [0.4, 0.5) is 16.3 Å². The Morgan fingerprint density at radius 3 is 2.31 bits per heavy atom. The molecule has 10 nitrogen and oxygen atoms in total. The summed E-state index contributed by atoms with van der Waals surface area (Å²) in [4.78, 5) is 54.7. The van der Waals surface area contributed by atoms with Gasteiger partial charge in [0.1, 0.15) is 5.82 Å². The molecule has 0 aliphatic heterocycles. The van der Waals surface area contributed by atoms with Crippen LogP contribution >= 0.6 is 0 Å². The molecule has 1 aromatic rings. The maximum absolute atomic E-state index is 13.2. The van der Waals surface area contributed by atoms with Gasteiger partial charge < -0.3 is 21.3 Å². The number of anilines is 2. The smallest absolute Gasteiger partial charge is 0.330 e. The zero-order chi connectivity index (χ0) is 26.0. The lowest BCUT2D eigenvalue weighted by Crippen LogP contribution is -2.61. The lowest BCUT2D eigenvalue weighted by Gasteiger charge is -2.56. The highest BCUT2D eigenvalue weighted by atomic mass is 16.2. The topological polar surface area (TPSA) is 142 Å². The number of carbonyl (C=O) groups excluding carboxylic acids is 2. The molecule has 4 saturated carbocycles. The zero-order valence-corrected chi connectivity index (χ0v) is 21.9. The number of urea groups is 1. The minimum Gasteiger partial charge on any atom is -0.383 e. The lowest BCUT2D eigenvalue weighted by atomic mass is 9.53. The Kier molecular flexibility index (Phi) is 7.80.